The van der Waals surface area contributed by atoms with Gasteiger partial charge in [-0.15, -0.1) is 0 Å². The molecule has 0 atom stereocenters. The molecule has 4 aromatic rings. The lowest BCUT2D eigenvalue weighted by Crippen LogP contribution is -2.12. The normalized spacial score (nSPS) is 10.8. The highest BCUT2D eigenvalue weighted by Gasteiger charge is 2.12. The standard InChI is InChI=1S/C22H16N3O/c1-25-14-18(20-10-15(13-23)6-9-21(20)25)12-22(26)24-19-8-7-16-4-2-3-5-17(16)11-19/h2-12,14H,1H3,(H,24,26). The van der Waals surface area contributed by atoms with Crippen molar-refractivity contribution in [2.75, 3.05) is 5.32 Å². The minimum Gasteiger partial charge on any atom is -0.350 e. The number of carbonyl (C=O) groups is 1. The third-order valence-electron chi connectivity index (χ3n) is 4.45. The number of anilines is 1. The number of carbonyl (C=O) groups excluding carboxylic acids is 1. The summed E-state index contributed by atoms with van der Waals surface area (Å²) in [4.78, 5) is 12.5. The fourth-order valence-corrected chi connectivity index (χ4v) is 3.19. The van der Waals surface area contributed by atoms with E-state index in [-0.39, 0.29) is 5.91 Å². The van der Waals surface area contributed by atoms with E-state index in [1.54, 1.807) is 12.5 Å². The number of amides is 1. The number of nitriles is 1. The first-order chi connectivity index (χ1) is 12.6. The minimum absolute atomic E-state index is 0.199. The molecule has 0 saturated heterocycles. The lowest BCUT2D eigenvalue weighted by Gasteiger charge is -2.06. The average molecular weight is 338 g/mol. The Kier molecular flexibility index (Phi) is 3.91. The molecule has 0 aliphatic heterocycles. The van der Waals surface area contributed by atoms with E-state index in [1.165, 1.54) is 0 Å². The molecule has 1 aromatic heterocycles. The maximum atomic E-state index is 12.5. The molecular formula is C22H16N3O. The number of nitrogens with one attached hydrogen (secondary N) is 1. The largest absolute Gasteiger partial charge is 0.350 e. The lowest BCUT2D eigenvalue weighted by molar-refractivity contribution is -0.112. The SMILES string of the molecule is Cn1cc([CH]C(=O)Nc2ccc3ccccc3c2)c2cc(C#N)ccc21. The van der Waals surface area contributed by atoms with Gasteiger partial charge in [0.2, 0.25) is 5.91 Å². The fraction of sp³-hybridized carbons (Fsp3) is 0.0455. The number of benzene rings is 3. The van der Waals surface area contributed by atoms with E-state index in [1.807, 2.05) is 72.4 Å². The summed E-state index contributed by atoms with van der Waals surface area (Å²) in [6.45, 7) is 0. The smallest absolute Gasteiger partial charge is 0.233 e. The molecule has 0 fully saturated rings. The zero-order chi connectivity index (χ0) is 18.1. The maximum Gasteiger partial charge on any atom is 0.233 e. The molecule has 1 radical (unpaired) electrons. The van der Waals surface area contributed by atoms with Crippen molar-refractivity contribution in [3.63, 3.8) is 0 Å². The topological polar surface area (TPSA) is 57.8 Å². The van der Waals surface area contributed by atoms with E-state index in [2.05, 4.69) is 11.4 Å². The van der Waals surface area contributed by atoms with E-state index < -0.39 is 0 Å². The first-order valence-corrected chi connectivity index (χ1v) is 8.28. The molecule has 0 bridgehead atoms. The van der Waals surface area contributed by atoms with Crippen LogP contribution in [0.4, 0.5) is 5.69 Å². The van der Waals surface area contributed by atoms with Crippen molar-refractivity contribution in [3.8, 4) is 6.07 Å². The van der Waals surface area contributed by atoms with Crippen LogP contribution in [0.2, 0.25) is 0 Å². The monoisotopic (exact) mass is 338 g/mol. The van der Waals surface area contributed by atoms with Crippen molar-refractivity contribution < 1.29 is 4.79 Å². The van der Waals surface area contributed by atoms with Crippen molar-refractivity contribution in [1.82, 2.24) is 4.57 Å². The van der Waals surface area contributed by atoms with Crippen molar-refractivity contribution in [1.29, 1.82) is 5.26 Å². The summed E-state index contributed by atoms with van der Waals surface area (Å²) < 4.78 is 1.95. The second-order valence-corrected chi connectivity index (χ2v) is 6.23. The van der Waals surface area contributed by atoms with Crippen molar-refractivity contribution in [2.24, 2.45) is 7.05 Å². The highest BCUT2D eigenvalue weighted by Crippen LogP contribution is 2.24. The molecule has 0 aliphatic carbocycles. The Morgan fingerprint density at radius 3 is 2.69 bits per heavy atom. The van der Waals surface area contributed by atoms with E-state index >= 15 is 0 Å². The molecule has 1 N–H and O–H groups in total. The van der Waals surface area contributed by atoms with Gasteiger partial charge in [0.25, 0.3) is 0 Å². The number of fused-ring (bicyclic) bond motifs is 2. The summed E-state index contributed by atoms with van der Waals surface area (Å²) in [5.41, 5.74) is 3.10. The predicted molar refractivity (Wildman–Crippen MR) is 104 cm³/mol. The Balaban J connectivity index is 1.59. The van der Waals surface area contributed by atoms with Crippen LogP contribution in [0.1, 0.15) is 11.1 Å². The van der Waals surface area contributed by atoms with Crippen LogP contribution < -0.4 is 5.32 Å². The van der Waals surface area contributed by atoms with Gasteiger partial charge in [-0.1, -0.05) is 30.3 Å². The summed E-state index contributed by atoms with van der Waals surface area (Å²) in [5.74, 6) is -0.199. The zero-order valence-corrected chi connectivity index (χ0v) is 14.2. The first-order valence-electron chi connectivity index (χ1n) is 8.28. The Morgan fingerprint density at radius 1 is 1.08 bits per heavy atom. The van der Waals surface area contributed by atoms with Gasteiger partial charge in [-0.2, -0.15) is 5.26 Å². The van der Waals surface area contributed by atoms with Gasteiger partial charge in [-0.3, -0.25) is 4.79 Å². The molecule has 125 valence electrons. The predicted octanol–water partition coefficient (Wildman–Crippen LogP) is 4.39. The molecule has 0 spiro atoms. The highest BCUT2D eigenvalue weighted by molar-refractivity contribution is 6.04. The van der Waals surface area contributed by atoms with Crippen LogP contribution >= 0.6 is 0 Å². The third-order valence-corrected chi connectivity index (χ3v) is 4.45. The molecule has 4 rings (SSSR count). The number of nitrogens with zero attached hydrogens (tertiary/aromatic N) is 2. The third kappa shape index (κ3) is 2.91. The van der Waals surface area contributed by atoms with E-state index in [9.17, 15) is 4.79 Å². The van der Waals surface area contributed by atoms with Gasteiger partial charge in [0.15, 0.2) is 0 Å². The molecule has 1 heterocycles. The number of rotatable bonds is 3. The second-order valence-electron chi connectivity index (χ2n) is 6.23. The quantitative estimate of drug-likeness (QED) is 0.602. The summed E-state index contributed by atoms with van der Waals surface area (Å²) in [7, 11) is 1.92. The molecule has 4 nitrogen and oxygen atoms in total. The maximum absolute atomic E-state index is 12.5. The van der Waals surface area contributed by atoms with Gasteiger partial charge in [0.05, 0.1) is 18.1 Å². The summed E-state index contributed by atoms with van der Waals surface area (Å²) in [5, 5.41) is 15.1. The molecule has 3 aromatic carbocycles. The van der Waals surface area contributed by atoms with Crippen molar-refractivity contribution in [2.45, 2.75) is 0 Å². The number of aryl methyl sites for hydroxylation is 1. The molecular weight excluding hydrogens is 322 g/mol. The summed E-state index contributed by atoms with van der Waals surface area (Å²) in [6, 6.07) is 21.5. The van der Waals surface area contributed by atoms with Crippen molar-refractivity contribution >= 4 is 33.3 Å². The zero-order valence-electron chi connectivity index (χ0n) is 14.2. The van der Waals surface area contributed by atoms with Crippen LogP contribution in [0.3, 0.4) is 0 Å². The Labute approximate surface area is 151 Å². The van der Waals surface area contributed by atoms with Crippen LogP contribution in [0, 0.1) is 17.8 Å². The van der Waals surface area contributed by atoms with Gasteiger partial charge in [-0.25, -0.2) is 0 Å². The lowest BCUT2D eigenvalue weighted by atomic mass is 10.1. The molecule has 1 amide bonds. The molecule has 4 heteroatoms. The number of hydrogen-bond donors (Lipinski definition) is 1. The van der Waals surface area contributed by atoms with Gasteiger partial charge in [-0.05, 0) is 46.7 Å². The Morgan fingerprint density at radius 2 is 1.88 bits per heavy atom. The van der Waals surface area contributed by atoms with Gasteiger partial charge < -0.3 is 9.88 Å². The van der Waals surface area contributed by atoms with Gasteiger partial charge >= 0.3 is 0 Å². The Bertz CT molecular complexity index is 1180. The average Bonchev–Trinajstić information content (AvgIpc) is 2.96. The minimum atomic E-state index is -0.199. The van der Waals surface area contributed by atoms with Crippen molar-refractivity contribution in [3.05, 3.63) is 84.4 Å². The first kappa shape index (κ1) is 15.9. The number of aromatic nitrogens is 1. The van der Waals surface area contributed by atoms with Crippen LogP contribution in [0.5, 0.6) is 0 Å². The summed E-state index contributed by atoms with van der Waals surface area (Å²) in [6.07, 6.45) is 3.46. The van der Waals surface area contributed by atoms with E-state index in [0.717, 1.165) is 32.9 Å². The second kappa shape index (κ2) is 6.38. The van der Waals surface area contributed by atoms with Gasteiger partial charge in [0, 0.05) is 29.8 Å². The van der Waals surface area contributed by atoms with Crippen LogP contribution in [0.25, 0.3) is 21.7 Å². The fourth-order valence-electron chi connectivity index (χ4n) is 3.19. The summed E-state index contributed by atoms with van der Waals surface area (Å²) >= 11 is 0. The number of hydrogen-bond acceptors (Lipinski definition) is 2. The van der Waals surface area contributed by atoms with E-state index in [0.29, 0.717) is 5.56 Å². The molecule has 26 heavy (non-hydrogen) atoms. The molecule has 0 aliphatic rings. The Hall–Kier alpha value is -3.58. The van der Waals surface area contributed by atoms with Crippen LogP contribution in [-0.2, 0) is 11.8 Å². The molecule has 0 saturated carbocycles. The van der Waals surface area contributed by atoms with Crippen LogP contribution in [-0.4, -0.2) is 10.5 Å². The molecule has 0 unspecified atom stereocenters. The van der Waals surface area contributed by atoms with Crippen LogP contribution in [0.15, 0.2) is 66.9 Å². The van der Waals surface area contributed by atoms with E-state index in [4.69, 9.17) is 5.26 Å². The highest BCUT2D eigenvalue weighted by atomic mass is 16.1. The van der Waals surface area contributed by atoms with Gasteiger partial charge in [0.1, 0.15) is 0 Å².